The lowest BCUT2D eigenvalue weighted by Crippen LogP contribution is -2.33. The molecule has 1 fully saturated rings. The minimum absolute atomic E-state index is 0.0372. The molecule has 1 aliphatic rings. The van der Waals surface area contributed by atoms with Gasteiger partial charge in [-0.2, -0.15) is 0 Å². The molecule has 0 saturated heterocycles. The van der Waals surface area contributed by atoms with Gasteiger partial charge in [-0.05, 0) is 49.8 Å². The molecular weight excluding hydrogens is 262 g/mol. The molecule has 1 aromatic carbocycles. The summed E-state index contributed by atoms with van der Waals surface area (Å²) in [5.41, 5.74) is 0.614. The molecule has 0 aromatic heterocycles. The maximum atomic E-state index is 12.3. The Morgan fingerprint density at radius 2 is 2.11 bits per heavy atom. The Morgan fingerprint density at radius 1 is 1.37 bits per heavy atom. The van der Waals surface area contributed by atoms with Crippen LogP contribution >= 0.6 is 0 Å². The van der Waals surface area contributed by atoms with Crippen molar-refractivity contribution in [1.29, 1.82) is 0 Å². The molecule has 4 nitrogen and oxygen atoms in total. The number of rotatable bonds is 4. The number of sulfonamides is 1. The van der Waals surface area contributed by atoms with Gasteiger partial charge < -0.3 is 5.11 Å². The number of nitrogens with one attached hydrogen (secondary N) is 1. The maximum absolute atomic E-state index is 12.3. The summed E-state index contributed by atoms with van der Waals surface area (Å²) in [6.45, 7) is 3.76. The van der Waals surface area contributed by atoms with E-state index in [0.29, 0.717) is 11.5 Å². The van der Waals surface area contributed by atoms with E-state index in [1.54, 1.807) is 25.1 Å². The average molecular weight is 283 g/mol. The van der Waals surface area contributed by atoms with E-state index >= 15 is 0 Å². The summed E-state index contributed by atoms with van der Waals surface area (Å²) in [6.07, 6.45) is 2.20. The van der Waals surface area contributed by atoms with Crippen LogP contribution in [0.1, 0.15) is 44.8 Å². The fourth-order valence-electron chi connectivity index (χ4n) is 2.54. The van der Waals surface area contributed by atoms with Crippen molar-refractivity contribution in [1.82, 2.24) is 4.72 Å². The van der Waals surface area contributed by atoms with Crippen molar-refractivity contribution >= 4 is 10.0 Å². The molecule has 0 heterocycles. The predicted molar refractivity (Wildman–Crippen MR) is 74.2 cm³/mol. The molecule has 5 heteroatoms. The van der Waals surface area contributed by atoms with Crippen LogP contribution in [0.3, 0.4) is 0 Å². The van der Waals surface area contributed by atoms with Gasteiger partial charge in [-0.1, -0.05) is 19.1 Å². The number of benzene rings is 1. The minimum atomic E-state index is -3.48. The van der Waals surface area contributed by atoms with E-state index < -0.39 is 16.1 Å². The zero-order valence-corrected chi connectivity index (χ0v) is 12.2. The Kier molecular flexibility index (Phi) is 4.28. The molecule has 106 valence electrons. The highest BCUT2D eigenvalue weighted by atomic mass is 32.2. The molecule has 2 N–H and O–H groups in total. The molecular formula is C14H21NO3S. The highest BCUT2D eigenvalue weighted by Crippen LogP contribution is 2.26. The summed E-state index contributed by atoms with van der Waals surface area (Å²) in [4.78, 5) is 0.227. The smallest absolute Gasteiger partial charge is 0.240 e. The second-order valence-electron chi connectivity index (χ2n) is 5.48. The van der Waals surface area contributed by atoms with Crippen molar-refractivity contribution in [3.05, 3.63) is 29.8 Å². The lowest BCUT2D eigenvalue weighted by atomic mass is 10.1. The highest BCUT2D eigenvalue weighted by Gasteiger charge is 2.26. The van der Waals surface area contributed by atoms with Gasteiger partial charge in [0.25, 0.3) is 0 Å². The van der Waals surface area contributed by atoms with Gasteiger partial charge in [0.2, 0.25) is 10.0 Å². The molecule has 2 rings (SSSR count). The van der Waals surface area contributed by atoms with E-state index in [9.17, 15) is 13.5 Å². The second kappa shape index (κ2) is 5.61. The van der Waals surface area contributed by atoms with E-state index in [2.05, 4.69) is 11.6 Å². The summed E-state index contributed by atoms with van der Waals surface area (Å²) in [5.74, 6) is 0.580. The van der Waals surface area contributed by atoms with Gasteiger partial charge in [0.05, 0.1) is 11.0 Å². The molecule has 1 aromatic rings. The van der Waals surface area contributed by atoms with Gasteiger partial charge >= 0.3 is 0 Å². The van der Waals surface area contributed by atoms with Gasteiger partial charge in [-0.15, -0.1) is 0 Å². The Balaban J connectivity index is 2.17. The van der Waals surface area contributed by atoms with Crippen LogP contribution in [0.15, 0.2) is 29.2 Å². The number of aliphatic hydroxyl groups is 1. The van der Waals surface area contributed by atoms with E-state index in [1.807, 2.05) is 0 Å². The van der Waals surface area contributed by atoms with Crippen molar-refractivity contribution in [2.45, 2.75) is 50.2 Å². The zero-order valence-electron chi connectivity index (χ0n) is 11.3. The van der Waals surface area contributed by atoms with Crippen LogP contribution in [0.2, 0.25) is 0 Å². The molecule has 0 amide bonds. The van der Waals surface area contributed by atoms with Crippen LogP contribution in [-0.4, -0.2) is 19.6 Å². The van der Waals surface area contributed by atoms with Crippen LogP contribution < -0.4 is 4.72 Å². The first kappa shape index (κ1) is 14.5. The Hall–Kier alpha value is -0.910. The van der Waals surface area contributed by atoms with Crippen molar-refractivity contribution in [3.63, 3.8) is 0 Å². The third kappa shape index (κ3) is 3.55. The third-order valence-corrected chi connectivity index (χ3v) is 5.19. The van der Waals surface area contributed by atoms with Crippen LogP contribution in [0.4, 0.5) is 0 Å². The molecule has 1 saturated carbocycles. The second-order valence-corrected chi connectivity index (χ2v) is 7.20. The fraction of sp³-hybridized carbons (Fsp3) is 0.571. The number of hydrogen-bond acceptors (Lipinski definition) is 3. The molecule has 0 radical (unpaired) electrons. The van der Waals surface area contributed by atoms with Gasteiger partial charge in [0.1, 0.15) is 0 Å². The first-order valence-corrected chi connectivity index (χ1v) is 8.17. The van der Waals surface area contributed by atoms with E-state index in [4.69, 9.17) is 0 Å². The van der Waals surface area contributed by atoms with Crippen LogP contribution in [0.5, 0.6) is 0 Å². The summed E-state index contributed by atoms with van der Waals surface area (Å²) in [7, 11) is -3.48. The SMILES string of the molecule is CC1CCC(NS(=O)(=O)c2cccc(C(C)O)c2)C1. The van der Waals surface area contributed by atoms with E-state index in [1.165, 1.54) is 6.07 Å². The molecule has 0 bridgehead atoms. The average Bonchev–Trinajstić information content (AvgIpc) is 2.74. The Bertz CT molecular complexity index is 539. The molecule has 1 aliphatic carbocycles. The topological polar surface area (TPSA) is 66.4 Å². The number of hydrogen-bond donors (Lipinski definition) is 2. The summed E-state index contributed by atoms with van der Waals surface area (Å²) in [5, 5.41) is 9.52. The van der Waals surface area contributed by atoms with Crippen molar-refractivity contribution in [2.75, 3.05) is 0 Å². The van der Waals surface area contributed by atoms with Crippen molar-refractivity contribution < 1.29 is 13.5 Å². The first-order valence-electron chi connectivity index (χ1n) is 6.69. The molecule has 3 atom stereocenters. The van der Waals surface area contributed by atoms with Crippen molar-refractivity contribution in [3.8, 4) is 0 Å². The standard InChI is InChI=1S/C14H21NO3S/c1-10-6-7-13(8-10)15-19(17,18)14-5-3-4-12(9-14)11(2)16/h3-5,9-11,13,15-16H,6-8H2,1-2H3. The van der Waals surface area contributed by atoms with Gasteiger partial charge in [0, 0.05) is 6.04 Å². The molecule has 0 spiro atoms. The summed E-state index contributed by atoms with van der Waals surface area (Å²) >= 11 is 0. The van der Waals surface area contributed by atoms with E-state index in [0.717, 1.165) is 19.3 Å². The predicted octanol–water partition coefficient (Wildman–Crippen LogP) is 2.21. The van der Waals surface area contributed by atoms with Crippen LogP contribution in [0.25, 0.3) is 0 Å². The van der Waals surface area contributed by atoms with Gasteiger partial charge in [-0.25, -0.2) is 13.1 Å². The van der Waals surface area contributed by atoms with Crippen molar-refractivity contribution in [2.24, 2.45) is 5.92 Å². The molecule has 0 aliphatic heterocycles. The van der Waals surface area contributed by atoms with Gasteiger partial charge in [-0.3, -0.25) is 0 Å². The normalized spacial score (nSPS) is 25.4. The number of aliphatic hydroxyl groups excluding tert-OH is 1. The summed E-state index contributed by atoms with van der Waals surface area (Å²) < 4.78 is 27.3. The monoisotopic (exact) mass is 283 g/mol. The molecule has 19 heavy (non-hydrogen) atoms. The van der Waals surface area contributed by atoms with E-state index in [-0.39, 0.29) is 10.9 Å². The summed E-state index contributed by atoms with van der Waals surface area (Å²) in [6, 6.07) is 6.52. The highest BCUT2D eigenvalue weighted by molar-refractivity contribution is 7.89. The van der Waals surface area contributed by atoms with Gasteiger partial charge in [0.15, 0.2) is 0 Å². The minimum Gasteiger partial charge on any atom is -0.389 e. The maximum Gasteiger partial charge on any atom is 0.240 e. The first-order chi connectivity index (χ1) is 8.88. The zero-order chi connectivity index (χ0) is 14.0. The lowest BCUT2D eigenvalue weighted by molar-refractivity contribution is 0.199. The molecule has 3 unspecified atom stereocenters. The fourth-order valence-corrected chi connectivity index (χ4v) is 3.88. The van der Waals surface area contributed by atoms with Crippen LogP contribution in [-0.2, 0) is 10.0 Å². The third-order valence-electron chi connectivity index (χ3n) is 3.67. The largest absolute Gasteiger partial charge is 0.389 e. The lowest BCUT2D eigenvalue weighted by Gasteiger charge is -2.14. The van der Waals surface area contributed by atoms with Crippen LogP contribution in [0, 0.1) is 5.92 Å². The Labute approximate surface area is 114 Å². The Morgan fingerprint density at radius 3 is 2.68 bits per heavy atom. The quantitative estimate of drug-likeness (QED) is 0.890.